The number of rotatable bonds is 3. The topological polar surface area (TPSA) is 49.6 Å². The fourth-order valence-corrected chi connectivity index (χ4v) is 2.87. The van der Waals surface area contributed by atoms with Gasteiger partial charge in [0.1, 0.15) is 6.26 Å². The summed E-state index contributed by atoms with van der Waals surface area (Å²) < 4.78 is 5.24. The molecule has 1 fully saturated rings. The van der Waals surface area contributed by atoms with E-state index in [1.54, 1.807) is 6.26 Å². The molecular formula is C16H27N3O2. The second-order valence-electron chi connectivity index (χ2n) is 7.03. The lowest BCUT2D eigenvalue weighted by molar-refractivity contribution is -0.141. The van der Waals surface area contributed by atoms with Gasteiger partial charge in [0.25, 0.3) is 0 Å². The van der Waals surface area contributed by atoms with Gasteiger partial charge in [-0.05, 0) is 12.8 Å². The van der Waals surface area contributed by atoms with Crippen molar-refractivity contribution >= 4 is 5.91 Å². The number of carbonyl (C=O) groups is 1. The van der Waals surface area contributed by atoms with E-state index in [0.717, 1.165) is 44.1 Å². The van der Waals surface area contributed by atoms with Gasteiger partial charge in [-0.25, -0.2) is 4.98 Å². The summed E-state index contributed by atoms with van der Waals surface area (Å²) in [6, 6.07) is 0.354. The molecule has 118 valence electrons. The molecule has 0 N–H and O–H groups in total. The average Bonchev–Trinajstić information content (AvgIpc) is 2.82. The highest BCUT2D eigenvalue weighted by molar-refractivity contribution is 5.81. The highest BCUT2D eigenvalue weighted by atomic mass is 16.3. The molecule has 0 unspecified atom stereocenters. The standard InChI is InChI=1S/C16H27N3O2/c1-12-17-13(11-21-12)10-19-8-6-14(7-9-19)18(5)15(20)16(2,3)4/h11,14H,6-10H2,1-5H3. The summed E-state index contributed by atoms with van der Waals surface area (Å²) in [5.41, 5.74) is 0.689. The van der Waals surface area contributed by atoms with Crippen molar-refractivity contribution in [2.45, 2.75) is 53.1 Å². The van der Waals surface area contributed by atoms with Crippen LogP contribution in [0.5, 0.6) is 0 Å². The van der Waals surface area contributed by atoms with Gasteiger partial charge in [0.05, 0.1) is 5.69 Å². The summed E-state index contributed by atoms with van der Waals surface area (Å²) in [7, 11) is 1.94. The normalized spacial score (nSPS) is 18.0. The fourth-order valence-electron chi connectivity index (χ4n) is 2.87. The Hall–Kier alpha value is -1.36. The lowest BCUT2D eigenvalue weighted by Crippen LogP contribution is -2.48. The lowest BCUT2D eigenvalue weighted by atomic mass is 9.92. The maximum Gasteiger partial charge on any atom is 0.227 e. The van der Waals surface area contributed by atoms with Gasteiger partial charge >= 0.3 is 0 Å². The third-order valence-corrected chi connectivity index (χ3v) is 4.12. The van der Waals surface area contributed by atoms with Gasteiger partial charge in [0, 0.05) is 45.1 Å². The van der Waals surface area contributed by atoms with Crippen LogP contribution in [0.3, 0.4) is 0 Å². The summed E-state index contributed by atoms with van der Waals surface area (Å²) in [5, 5.41) is 0. The predicted octanol–water partition coefficient (Wildman–Crippen LogP) is 2.45. The maximum absolute atomic E-state index is 12.3. The van der Waals surface area contributed by atoms with Crippen molar-refractivity contribution in [3.8, 4) is 0 Å². The number of likely N-dealkylation sites (tertiary alicyclic amines) is 1. The Morgan fingerprint density at radius 2 is 2.05 bits per heavy atom. The second kappa shape index (κ2) is 6.18. The second-order valence-corrected chi connectivity index (χ2v) is 7.03. The number of amides is 1. The number of aryl methyl sites for hydroxylation is 1. The number of piperidine rings is 1. The molecule has 1 aromatic rings. The third-order valence-electron chi connectivity index (χ3n) is 4.12. The molecule has 1 aliphatic heterocycles. The molecule has 1 aliphatic rings. The average molecular weight is 293 g/mol. The summed E-state index contributed by atoms with van der Waals surface area (Å²) in [5.74, 6) is 0.948. The summed E-state index contributed by atoms with van der Waals surface area (Å²) in [4.78, 5) is 21.0. The number of carbonyl (C=O) groups excluding carboxylic acids is 1. The van der Waals surface area contributed by atoms with Gasteiger partial charge in [-0.2, -0.15) is 0 Å². The van der Waals surface area contributed by atoms with E-state index in [9.17, 15) is 4.79 Å². The van der Waals surface area contributed by atoms with Gasteiger partial charge in [0.2, 0.25) is 5.91 Å². The molecule has 5 nitrogen and oxygen atoms in total. The van der Waals surface area contributed by atoms with Gasteiger partial charge in [-0.15, -0.1) is 0 Å². The number of aromatic nitrogens is 1. The zero-order chi connectivity index (χ0) is 15.6. The van der Waals surface area contributed by atoms with Crippen molar-refractivity contribution in [1.82, 2.24) is 14.8 Å². The van der Waals surface area contributed by atoms with Crippen molar-refractivity contribution < 1.29 is 9.21 Å². The van der Waals surface area contributed by atoms with E-state index >= 15 is 0 Å². The molecule has 1 amide bonds. The number of hydrogen-bond acceptors (Lipinski definition) is 4. The summed E-state index contributed by atoms with van der Waals surface area (Å²) >= 11 is 0. The molecule has 0 saturated carbocycles. The Kier molecular flexibility index (Phi) is 4.71. The zero-order valence-electron chi connectivity index (χ0n) is 13.8. The Bertz CT molecular complexity index is 482. The van der Waals surface area contributed by atoms with Crippen LogP contribution >= 0.6 is 0 Å². The minimum atomic E-state index is -0.301. The van der Waals surface area contributed by atoms with Crippen LogP contribution < -0.4 is 0 Å². The SMILES string of the molecule is Cc1nc(CN2CCC(N(C)C(=O)C(C)(C)C)CC2)co1. The Morgan fingerprint density at radius 3 is 2.52 bits per heavy atom. The number of oxazole rings is 1. The highest BCUT2D eigenvalue weighted by Gasteiger charge is 2.31. The molecule has 1 saturated heterocycles. The third kappa shape index (κ3) is 4.06. The van der Waals surface area contributed by atoms with E-state index in [1.807, 2.05) is 39.6 Å². The van der Waals surface area contributed by atoms with E-state index in [1.165, 1.54) is 0 Å². The molecule has 1 aromatic heterocycles. The fraction of sp³-hybridized carbons (Fsp3) is 0.750. The van der Waals surface area contributed by atoms with Crippen molar-refractivity contribution in [2.75, 3.05) is 20.1 Å². The first-order valence-corrected chi connectivity index (χ1v) is 7.68. The van der Waals surface area contributed by atoms with E-state index < -0.39 is 0 Å². The molecule has 2 rings (SSSR count). The van der Waals surface area contributed by atoms with Gasteiger partial charge in [-0.1, -0.05) is 20.8 Å². The molecule has 2 heterocycles. The largest absolute Gasteiger partial charge is 0.449 e. The molecule has 21 heavy (non-hydrogen) atoms. The van der Waals surface area contributed by atoms with E-state index in [-0.39, 0.29) is 11.3 Å². The minimum Gasteiger partial charge on any atom is -0.449 e. The van der Waals surface area contributed by atoms with Crippen LogP contribution in [0, 0.1) is 12.3 Å². The summed E-state index contributed by atoms with van der Waals surface area (Å²) in [6.07, 6.45) is 3.78. The maximum atomic E-state index is 12.3. The Labute approximate surface area is 127 Å². The molecular weight excluding hydrogens is 266 g/mol. The van der Waals surface area contributed by atoms with Crippen LogP contribution in [0.1, 0.15) is 45.2 Å². The van der Waals surface area contributed by atoms with Crippen molar-refractivity contribution in [3.05, 3.63) is 17.8 Å². The van der Waals surface area contributed by atoms with E-state index in [2.05, 4.69) is 9.88 Å². The molecule has 0 aromatic carbocycles. The van der Waals surface area contributed by atoms with Crippen molar-refractivity contribution in [3.63, 3.8) is 0 Å². The quantitative estimate of drug-likeness (QED) is 0.859. The first kappa shape index (κ1) is 16.0. The predicted molar refractivity (Wildman–Crippen MR) is 81.8 cm³/mol. The van der Waals surface area contributed by atoms with Crippen molar-refractivity contribution in [1.29, 1.82) is 0 Å². The summed E-state index contributed by atoms with van der Waals surface area (Å²) in [6.45, 7) is 10.6. The van der Waals surface area contributed by atoms with Gasteiger partial charge in [0.15, 0.2) is 5.89 Å². The lowest BCUT2D eigenvalue weighted by Gasteiger charge is -2.38. The van der Waals surface area contributed by atoms with Crippen LogP contribution in [0.2, 0.25) is 0 Å². The molecule has 0 spiro atoms. The van der Waals surface area contributed by atoms with Crippen LogP contribution in [0.15, 0.2) is 10.7 Å². The first-order chi connectivity index (χ1) is 9.77. The Balaban J connectivity index is 1.84. The van der Waals surface area contributed by atoms with Gasteiger partial charge in [-0.3, -0.25) is 9.69 Å². The number of nitrogens with zero attached hydrogens (tertiary/aromatic N) is 3. The van der Waals surface area contributed by atoms with E-state index in [0.29, 0.717) is 6.04 Å². The number of hydrogen-bond donors (Lipinski definition) is 0. The zero-order valence-corrected chi connectivity index (χ0v) is 13.8. The molecule has 0 atom stereocenters. The van der Waals surface area contributed by atoms with Crippen LogP contribution in [0.4, 0.5) is 0 Å². The van der Waals surface area contributed by atoms with Crippen LogP contribution in [-0.2, 0) is 11.3 Å². The molecule has 0 radical (unpaired) electrons. The first-order valence-electron chi connectivity index (χ1n) is 7.68. The Morgan fingerprint density at radius 1 is 1.43 bits per heavy atom. The molecule has 5 heteroatoms. The van der Waals surface area contributed by atoms with Gasteiger partial charge < -0.3 is 9.32 Å². The highest BCUT2D eigenvalue weighted by Crippen LogP contribution is 2.23. The van der Waals surface area contributed by atoms with Crippen LogP contribution in [-0.4, -0.2) is 46.9 Å². The molecule has 0 bridgehead atoms. The molecule has 0 aliphatic carbocycles. The van der Waals surface area contributed by atoms with Crippen molar-refractivity contribution in [2.24, 2.45) is 5.41 Å². The monoisotopic (exact) mass is 293 g/mol. The van der Waals surface area contributed by atoms with Crippen LogP contribution in [0.25, 0.3) is 0 Å². The smallest absolute Gasteiger partial charge is 0.227 e. The van der Waals surface area contributed by atoms with E-state index in [4.69, 9.17) is 4.42 Å². The minimum absolute atomic E-state index is 0.230.